The number of rotatable bonds is 2. The number of hydrogen-bond donors (Lipinski definition) is 1. The maximum Gasteiger partial charge on any atom is 0.328 e. The van der Waals surface area contributed by atoms with Crippen LogP contribution in [0.5, 0.6) is 0 Å². The summed E-state index contributed by atoms with van der Waals surface area (Å²) in [7, 11) is 0. The summed E-state index contributed by atoms with van der Waals surface area (Å²) in [5.41, 5.74) is 1.06. The van der Waals surface area contributed by atoms with Crippen molar-refractivity contribution in [1.29, 1.82) is 0 Å². The van der Waals surface area contributed by atoms with Crippen LogP contribution in [-0.4, -0.2) is 26.1 Å². The summed E-state index contributed by atoms with van der Waals surface area (Å²) >= 11 is 11.7. The third-order valence-electron chi connectivity index (χ3n) is 2.24. The summed E-state index contributed by atoms with van der Waals surface area (Å²) in [5, 5.41) is 17.2. The molecule has 0 aliphatic heterocycles. The van der Waals surface area contributed by atoms with Crippen LogP contribution in [0.4, 0.5) is 0 Å². The molecule has 0 amide bonds. The van der Waals surface area contributed by atoms with E-state index in [2.05, 4.69) is 10.3 Å². The standard InChI is InChI=1S/C9H7Cl2N3O2/c1-4(9(15)16)14-8-3-6(11)5(10)2-7(8)12-13-14/h2-4H,1H3,(H,15,16). The Bertz CT molecular complexity index is 567. The van der Waals surface area contributed by atoms with Crippen molar-refractivity contribution in [3.05, 3.63) is 22.2 Å². The second-order valence-corrected chi connectivity index (χ2v) is 4.12. The first kappa shape index (κ1) is 11.2. The maximum absolute atomic E-state index is 10.8. The van der Waals surface area contributed by atoms with E-state index in [1.165, 1.54) is 11.6 Å². The minimum absolute atomic E-state index is 0.343. The number of carboxylic acid groups (broad SMARTS) is 1. The van der Waals surface area contributed by atoms with Gasteiger partial charge in [-0.05, 0) is 19.1 Å². The highest BCUT2D eigenvalue weighted by atomic mass is 35.5. The Morgan fingerprint density at radius 2 is 2.06 bits per heavy atom. The van der Waals surface area contributed by atoms with Crippen molar-refractivity contribution in [2.24, 2.45) is 0 Å². The van der Waals surface area contributed by atoms with Gasteiger partial charge >= 0.3 is 5.97 Å². The second kappa shape index (κ2) is 3.92. The lowest BCUT2D eigenvalue weighted by Gasteiger charge is -2.06. The number of aliphatic carboxylic acids is 1. The van der Waals surface area contributed by atoms with Gasteiger partial charge in [-0.15, -0.1) is 5.10 Å². The van der Waals surface area contributed by atoms with Crippen LogP contribution in [0.1, 0.15) is 13.0 Å². The number of hydrogen-bond acceptors (Lipinski definition) is 3. The quantitative estimate of drug-likeness (QED) is 0.900. The molecule has 1 N–H and O–H groups in total. The Balaban J connectivity index is 2.65. The summed E-state index contributed by atoms with van der Waals surface area (Å²) in [6, 6.07) is 2.30. The molecule has 0 saturated heterocycles. The molecule has 0 aliphatic carbocycles. The van der Waals surface area contributed by atoms with Gasteiger partial charge in [0.1, 0.15) is 11.6 Å². The summed E-state index contributed by atoms with van der Waals surface area (Å²) in [4.78, 5) is 10.8. The molecule has 0 aliphatic rings. The van der Waals surface area contributed by atoms with Crippen molar-refractivity contribution >= 4 is 40.2 Å². The van der Waals surface area contributed by atoms with Gasteiger partial charge in [0.2, 0.25) is 0 Å². The fourth-order valence-corrected chi connectivity index (χ4v) is 1.64. The van der Waals surface area contributed by atoms with Gasteiger partial charge in [0.05, 0.1) is 15.6 Å². The van der Waals surface area contributed by atoms with Gasteiger partial charge in [0.25, 0.3) is 0 Å². The molecule has 1 atom stereocenters. The highest BCUT2D eigenvalue weighted by Gasteiger charge is 2.18. The number of fused-ring (bicyclic) bond motifs is 1. The second-order valence-electron chi connectivity index (χ2n) is 3.30. The number of aromatic nitrogens is 3. The molecule has 0 bridgehead atoms. The Hall–Kier alpha value is -1.33. The molecule has 1 aromatic carbocycles. The summed E-state index contributed by atoms with van der Waals surface area (Å²) in [5.74, 6) is -0.988. The number of nitrogens with zero attached hydrogens (tertiary/aromatic N) is 3. The number of halogens is 2. The molecule has 84 valence electrons. The van der Waals surface area contributed by atoms with E-state index in [9.17, 15) is 4.79 Å². The SMILES string of the molecule is CC(C(=O)O)n1nnc2cc(Cl)c(Cl)cc21. The van der Waals surface area contributed by atoms with Crippen LogP contribution < -0.4 is 0 Å². The minimum Gasteiger partial charge on any atom is -0.480 e. The average molecular weight is 260 g/mol. The molecule has 7 heteroatoms. The zero-order valence-electron chi connectivity index (χ0n) is 8.19. The largest absolute Gasteiger partial charge is 0.480 e. The monoisotopic (exact) mass is 259 g/mol. The van der Waals surface area contributed by atoms with Gasteiger partial charge in [-0.25, -0.2) is 9.48 Å². The topological polar surface area (TPSA) is 68.0 Å². The van der Waals surface area contributed by atoms with Crippen molar-refractivity contribution in [2.45, 2.75) is 13.0 Å². The Morgan fingerprint density at radius 1 is 1.44 bits per heavy atom. The van der Waals surface area contributed by atoms with Gasteiger partial charge in [-0.2, -0.15) is 0 Å². The molecule has 1 heterocycles. The Kier molecular flexibility index (Phi) is 2.73. The Morgan fingerprint density at radius 3 is 2.69 bits per heavy atom. The van der Waals surface area contributed by atoms with E-state index in [4.69, 9.17) is 28.3 Å². The fourth-order valence-electron chi connectivity index (χ4n) is 1.32. The van der Waals surface area contributed by atoms with Crippen LogP contribution in [0.2, 0.25) is 10.0 Å². The molecule has 5 nitrogen and oxygen atoms in total. The predicted octanol–water partition coefficient (Wildman–Crippen LogP) is 2.38. The van der Waals surface area contributed by atoms with Gasteiger partial charge in [-0.3, -0.25) is 0 Å². The molecule has 2 aromatic rings. The molecule has 0 spiro atoms. The zero-order valence-corrected chi connectivity index (χ0v) is 9.70. The molecule has 0 saturated carbocycles. The third-order valence-corrected chi connectivity index (χ3v) is 2.96. The molecule has 0 radical (unpaired) electrons. The first-order valence-electron chi connectivity index (χ1n) is 4.43. The lowest BCUT2D eigenvalue weighted by Crippen LogP contribution is -2.16. The lowest BCUT2D eigenvalue weighted by atomic mass is 10.3. The molecule has 1 aromatic heterocycles. The molecule has 0 fully saturated rings. The Labute approximate surface area is 101 Å². The highest BCUT2D eigenvalue weighted by molar-refractivity contribution is 6.42. The van der Waals surface area contributed by atoms with Crippen LogP contribution >= 0.6 is 23.2 Å². The van der Waals surface area contributed by atoms with Gasteiger partial charge in [0, 0.05) is 0 Å². The van der Waals surface area contributed by atoms with E-state index in [1.807, 2.05) is 0 Å². The molecular weight excluding hydrogens is 253 g/mol. The molecule has 16 heavy (non-hydrogen) atoms. The van der Waals surface area contributed by atoms with Crippen molar-refractivity contribution in [3.63, 3.8) is 0 Å². The van der Waals surface area contributed by atoms with E-state index < -0.39 is 12.0 Å². The average Bonchev–Trinajstić information content (AvgIpc) is 2.60. The van der Waals surface area contributed by atoms with Crippen LogP contribution in [0, 0.1) is 0 Å². The van der Waals surface area contributed by atoms with E-state index >= 15 is 0 Å². The van der Waals surface area contributed by atoms with Gasteiger partial charge in [-0.1, -0.05) is 28.4 Å². The first-order valence-corrected chi connectivity index (χ1v) is 5.19. The summed E-state index contributed by atoms with van der Waals surface area (Å²) in [6.45, 7) is 1.51. The fraction of sp³-hybridized carbons (Fsp3) is 0.222. The molecule has 1 unspecified atom stereocenters. The van der Waals surface area contributed by atoms with E-state index in [1.54, 1.807) is 12.1 Å². The maximum atomic E-state index is 10.8. The van der Waals surface area contributed by atoms with Crippen LogP contribution in [-0.2, 0) is 4.79 Å². The van der Waals surface area contributed by atoms with Crippen molar-refractivity contribution in [2.75, 3.05) is 0 Å². The summed E-state index contributed by atoms with van der Waals surface area (Å²) in [6.07, 6.45) is 0. The van der Waals surface area contributed by atoms with Crippen molar-refractivity contribution < 1.29 is 9.90 Å². The molecule has 2 rings (SSSR count). The minimum atomic E-state index is -0.988. The number of benzene rings is 1. The third kappa shape index (κ3) is 1.72. The normalized spacial score (nSPS) is 12.9. The lowest BCUT2D eigenvalue weighted by molar-refractivity contribution is -0.140. The summed E-state index contributed by atoms with van der Waals surface area (Å²) < 4.78 is 1.29. The van der Waals surface area contributed by atoms with E-state index in [-0.39, 0.29) is 0 Å². The van der Waals surface area contributed by atoms with E-state index in [0.29, 0.717) is 21.1 Å². The zero-order chi connectivity index (χ0) is 11.9. The van der Waals surface area contributed by atoms with Crippen LogP contribution in [0.3, 0.4) is 0 Å². The van der Waals surface area contributed by atoms with Gasteiger partial charge < -0.3 is 5.11 Å². The first-order chi connectivity index (χ1) is 7.50. The predicted molar refractivity (Wildman–Crippen MR) is 59.9 cm³/mol. The van der Waals surface area contributed by atoms with Crippen molar-refractivity contribution in [3.8, 4) is 0 Å². The van der Waals surface area contributed by atoms with E-state index in [0.717, 1.165) is 0 Å². The van der Waals surface area contributed by atoms with Crippen LogP contribution in [0.15, 0.2) is 12.1 Å². The van der Waals surface area contributed by atoms with Crippen LogP contribution in [0.25, 0.3) is 11.0 Å². The number of carboxylic acids is 1. The number of carbonyl (C=O) groups is 1. The van der Waals surface area contributed by atoms with Crippen molar-refractivity contribution in [1.82, 2.24) is 15.0 Å². The molecular formula is C9H7Cl2N3O2. The highest BCUT2D eigenvalue weighted by Crippen LogP contribution is 2.27. The smallest absolute Gasteiger partial charge is 0.328 e. The van der Waals surface area contributed by atoms with Gasteiger partial charge in [0.15, 0.2) is 0 Å².